The maximum absolute atomic E-state index is 13.8. The molecule has 1 saturated heterocycles. The zero-order valence-corrected chi connectivity index (χ0v) is 15.2. The first-order valence-corrected chi connectivity index (χ1v) is 8.92. The fourth-order valence-electron chi connectivity index (χ4n) is 3.27. The summed E-state index contributed by atoms with van der Waals surface area (Å²) in [7, 11) is 1.24. The van der Waals surface area contributed by atoms with Crippen molar-refractivity contribution >= 4 is 11.7 Å². The second-order valence-electron chi connectivity index (χ2n) is 6.61. The average molecular weight is 375 g/mol. The van der Waals surface area contributed by atoms with Crippen molar-refractivity contribution in [3.63, 3.8) is 0 Å². The molecule has 2 aromatic rings. The van der Waals surface area contributed by atoms with Crippen LogP contribution in [0.25, 0.3) is 0 Å². The Kier molecular flexibility index (Phi) is 6.24. The topological polar surface area (TPSA) is 53.6 Å². The molecule has 0 aromatic heterocycles. The van der Waals surface area contributed by atoms with Crippen LogP contribution in [0.1, 0.15) is 18.4 Å². The highest BCUT2D eigenvalue weighted by molar-refractivity contribution is 5.89. The molecule has 7 heteroatoms. The number of likely N-dealkylation sites (tertiary alicyclic amines) is 1. The van der Waals surface area contributed by atoms with E-state index in [1.807, 2.05) is 30.3 Å². The Morgan fingerprint density at radius 2 is 1.78 bits per heavy atom. The molecule has 0 atom stereocenters. The van der Waals surface area contributed by atoms with Gasteiger partial charge in [0.2, 0.25) is 0 Å². The summed E-state index contributed by atoms with van der Waals surface area (Å²) in [5.41, 5.74) is 1.31. The maximum Gasteiger partial charge on any atom is 0.319 e. The quantitative estimate of drug-likeness (QED) is 0.837. The minimum absolute atomic E-state index is 0.0781. The van der Waals surface area contributed by atoms with E-state index < -0.39 is 11.6 Å². The number of methoxy groups -OCH3 is 1. The number of piperidine rings is 1. The number of nitrogens with one attached hydrogen (secondary N) is 2. The van der Waals surface area contributed by atoms with Crippen molar-refractivity contribution in [3.8, 4) is 5.75 Å². The Bertz CT molecular complexity index is 755. The van der Waals surface area contributed by atoms with Crippen molar-refractivity contribution in [2.24, 2.45) is 0 Å². The van der Waals surface area contributed by atoms with Crippen LogP contribution in [0.2, 0.25) is 0 Å². The molecule has 1 aliphatic heterocycles. The lowest BCUT2D eigenvalue weighted by Crippen LogP contribution is -2.45. The predicted molar refractivity (Wildman–Crippen MR) is 99.8 cm³/mol. The third-order valence-electron chi connectivity index (χ3n) is 4.62. The van der Waals surface area contributed by atoms with Crippen LogP contribution >= 0.6 is 0 Å². The summed E-state index contributed by atoms with van der Waals surface area (Å²) in [5, 5.41) is 5.78. The number of benzene rings is 2. The molecule has 3 rings (SSSR count). The monoisotopic (exact) mass is 375 g/mol. The van der Waals surface area contributed by atoms with Gasteiger partial charge in [0.05, 0.1) is 7.11 Å². The van der Waals surface area contributed by atoms with E-state index in [1.54, 1.807) is 0 Å². The van der Waals surface area contributed by atoms with Gasteiger partial charge in [-0.3, -0.25) is 4.90 Å². The van der Waals surface area contributed by atoms with Crippen molar-refractivity contribution in [2.75, 3.05) is 25.5 Å². The molecular formula is C20H23F2N3O2. The number of rotatable bonds is 5. The van der Waals surface area contributed by atoms with Gasteiger partial charge in [0.25, 0.3) is 0 Å². The molecule has 2 amide bonds. The number of para-hydroxylation sites is 1. The number of ether oxygens (including phenoxy) is 1. The summed E-state index contributed by atoms with van der Waals surface area (Å²) in [4.78, 5) is 14.2. The van der Waals surface area contributed by atoms with Gasteiger partial charge in [-0.05, 0) is 42.7 Å². The molecule has 0 bridgehead atoms. The van der Waals surface area contributed by atoms with Crippen LogP contribution in [0, 0.1) is 11.6 Å². The lowest BCUT2D eigenvalue weighted by molar-refractivity contribution is 0.189. The number of amides is 2. The molecule has 2 N–H and O–H groups in total. The predicted octanol–water partition coefficient (Wildman–Crippen LogP) is 3.76. The number of hydrogen-bond donors (Lipinski definition) is 2. The van der Waals surface area contributed by atoms with Crippen molar-refractivity contribution in [1.29, 1.82) is 0 Å². The average Bonchev–Trinajstić information content (AvgIpc) is 2.64. The highest BCUT2D eigenvalue weighted by Crippen LogP contribution is 2.24. The lowest BCUT2D eigenvalue weighted by Gasteiger charge is -2.32. The van der Waals surface area contributed by atoms with Crippen LogP contribution in [0.5, 0.6) is 5.75 Å². The van der Waals surface area contributed by atoms with Crippen LogP contribution in [0.15, 0.2) is 42.5 Å². The number of nitrogens with zero attached hydrogens (tertiary/aromatic N) is 1. The number of carbonyl (C=O) groups is 1. The maximum atomic E-state index is 13.8. The zero-order valence-electron chi connectivity index (χ0n) is 15.2. The molecule has 1 heterocycles. The van der Waals surface area contributed by atoms with E-state index in [9.17, 15) is 13.6 Å². The van der Waals surface area contributed by atoms with Crippen molar-refractivity contribution in [1.82, 2.24) is 10.2 Å². The summed E-state index contributed by atoms with van der Waals surface area (Å²) < 4.78 is 32.3. The largest absolute Gasteiger partial charge is 0.491 e. The van der Waals surface area contributed by atoms with Gasteiger partial charge in [0.15, 0.2) is 17.4 Å². The second-order valence-corrected chi connectivity index (χ2v) is 6.61. The van der Waals surface area contributed by atoms with Crippen LogP contribution in [0.3, 0.4) is 0 Å². The van der Waals surface area contributed by atoms with E-state index in [4.69, 9.17) is 4.74 Å². The molecule has 5 nitrogen and oxygen atoms in total. The van der Waals surface area contributed by atoms with Gasteiger partial charge in [0.1, 0.15) is 0 Å². The number of hydrogen-bond acceptors (Lipinski definition) is 3. The molecule has 0 saturated carbocycles. The summed E-state index contributed by atoms with van der Waals surface area (Å²) in [6, 6.07) is 11.7. The molecule has 0 unspecified atom stereocenters. The van der Waals surface area contributed by atoms with Gasteiger partial charge >= 0.3 is 6.03 Å². The summed E-state index contributed by atoms with van der Waals surface area (Å²) in [6.07, 6.45) is 1.56. The Morgan fingerprint density at radius 1 is 1.15 bits per heavy atom. The molecule has 2 aromatic carbocycles. The van der Waals surface area contributed by atoms with E-state index in [-0.39, 0.29) is 17.8 Å². The van der Waals surface area contributed by atoms with Crippen molar-refractivity contribution < 1.29 is 18.3 Å². The molecule has 144 valence electrons. The molecule has 1 fully saturated rings. The minimum Gasteiger partial charge on any atom is -0.491 e. The summed E-state index contributed by atoms with van der Waals surface area (Å²) in [6.45, 7) is 1.94. The lowest BCUT2D eigenvalue weighted by atomic mass is 10.0. The third-order valence-corrected chi connectivity index (χ3v) is 4.62. The van der Waals surface area contributed by atoms with E-state index in [2.05, 4.69) is 15.5 Å². The van der Waals surface area contributed by atoms with E-state index >= 15 is 0 Å². The highest BCUT2D eigenvalue weighted by Gasteiger charge is 2.21. The summed E-state index contributed by atoms with van der Waals surface area (Å²) >= 11 is 0. The summed E-state index contributed by atoms with van der Waals surface area (Å²) in [5.74, 6) is -1.74. The Morgan fingerprint density at radius 3 is 2.37 bits per heavy atom. The fourth-order valence-corrected chi connectivity index (χ4v) is 3.27. The smallest absolute Gasteiger partial charge is 0.319 e. The molecule has 0 aliphatic carbocycles. The number of halogens is 2. The Labute approximate surface area is 157 Å². The third kappa shape index (κ3) is 5.17. The fraction of sp³-hybridized carbons (Fsp3) is 0.350. The van der Waals surface area contributed by atoms with Crippen LogP contribution in [0.4, 0.5) is 19.3 Å². The van der Waals surface area contributed by atoms with Gasteiger partial charge in [-0.25, -0.2) is 13.6 Å². The molecule has 0 spiro atoms. The SMILES string of the molecule is COc1c(F)cc(CN2CCC(NC(=O)Nc3ccccc3)CC2)cc1F. The first-order chi connectivity index (χ1) is 13.0. The van der Waals surface area contributed by atoms with Crippen molar-refractivity contribution in [2.45, 2.75) is 25.4 Å². The Balaban J connectivity index is 1.47. The second kappa shape index (κ2) is 8.81. The van der Waals surface area contributed by atoms with Gasteiger partial charge < -0.3 is 15.4 Å². The van der Waals surface area contributed by atoms with Crippen LogP contribution in [-0.4, -0.2) is 37.2 Å². The van der Waals surface area contributed by atoms with Gasteiger partial charge in [-0.2, -0.15) is 0 Å². The molecule has 27 heavy (non-hydrogen) atoms. The Hall–Kier alpha value is -2.67. The van der Waals surface area contributed by atoms with Gasteiger partial charge in [0, 0.05) is 31.4 Å². The standard InChI is InChI=1S/C20H23F2N3O2/c1-27-19-17(21)11-14(12-18(19)22)13-25-9-7-16(8-10-25)24-20(26)23-15-5-3-2-4-6-15/h2-6,11-12,16H,7-10,13H2,1H3,(H2,23,24,26). The molecular weight excluding hydrogens is 352 g/mol. The van der Waals surface area contributed by atoms with E-state index in [1.165, 1.54) is 19.2 Å². The first kappa shape index (κ1) is 19.1. The van der Waals surface area contributed by atoms with Crippen LogP contribution < -0.4 is 15.4 Å². The highest BCUT2D eigenvalue weighted by atomic mass is 19.1. The number of carbonyl (C=O) groups excluding carboxylic acids is 1. The van der Waals surface area contributed by atoms with Crippen molar-refractivity contribution in [3.05, 3.63) is 59.7 Å². The molecule has 1 aliphatic rings. The first-order valence-electron chi connectivity index (χ1n) is 8.92. The minimum atomic E-state index is -0.693. The van der Waals surface area contributed by atoms with Gasteiger partial charge in [-0.1, -0.05) is 18.2 Å². The number of anilines is 1. The molecule has 0 radical (unpaired) electrons. The van der Waals surface area contributed by atoms with E-state index in [0.29, 0.717) is 12.1 Å². The normalized spacial score (nSPS) is 15.4. The van der Waals surface area contributed by atoms with Gasteiger partial charge in [-0.15, -0.1) is 0 Å². The number of urea groups is 1. The van der Waals surface area contributed by atoms with Crippen LogP contribution in [-0.2, 0) is 6.54 Å². The van der Waals surface area contributed by atoms with E-state index in [0.717, 1.165) is 31.6 Å². The zero-order chi connectivity index (χ0) is 19.2.